The van der Waals surface area contributed by atoms with Crippen LogP contribution in [0.1, 0.15) is 34.0 Å². The second kappa shape index (κ2) is 9.78. The number of rotatable bonds is 7. The van der Waals surface area contributed by atoms with E-state index in [4.69, 9.17) is 9.47 Å². The van der Waals surface area contributed by atoms with Crippen molar-refractivity contribution in [2.24, 2.45) is 0 Å². The van der Waals surface area contributed by atoms with E-state index in [2.05, 4.69) is 5.32 Å². The van der Waals surface area contributed by atoms with Gasteiger partial charge in [-0.25, -0.2) is 0 Å². The van der Waals surface area contributed by atoms with Crippen LogP contribution in [0.15, 0.2) is 36.4 Å². The Hall–Kier alpha value is -3.28. The fourth-order valence-electron chi connectivity index (χ4n) is 3.00. The highest BCUT2D eigenvalue weighted by Crippen LogP contribution is 2.34. The Morgan fingerprint density at radius 2 is 1.86 bits per heavy atom. The lowest BCUT2D eigenvalue weighted by molar-refractivity contribution is -0.116. The zero-order valence-corrected chi connectivity index (χ0v) is 17.8. The first kappa shape index (κ1) is 22.0. The Morgan fingerprint density at radius 1 is 1.14 bits per heavy atom. The summed E-state index contributed by atoms with van der Waals surface area (Å²) in [5, 5.41) is 2.87. The third-order valence-corrected chi connectivity index (χ3v) is 4.71. The molecule has 0 aliphatic rings. The third-order valence-electron chi connectivity index (χ3n) is 4.71. The van der Waals surface area contributed by atoms with Crippen LogP contribution in [0.3, 0.4) is 0 Å². The van der Waals surface area contributed by atoms with Gasteiger partial charge < -0.3 is 19.7 Å². The van der Waals surface area contributed by atoms with Crippen molar-refractivity contribution in [2.45, 2.75) is 20.8 Å². The van der Waals surface area contributed by atoms with Crippen molar-refractivity contribution >= 4 is 23.6 Å². The number of ether oxygens (including phenoxy) is 2. The van der Waals surface area contributed by atoms with Gasteiger partial charge in [-0.2, -0.15) is 0 Å². The molecule has 0 fully saturated rings. The molecule has 0 spiro atoms. The van der Waals surface area contributed by atoms with E-state index in [9.17, 15) is 9.59 Å². The summed E-state index contributed by atoms with van der Waals surface area (Å²) >= 11 is 0. The van der Waals surface area contributed by atoms with Gasteiger partial charge in [0.05, 0.1) is 20.8 Å². The molecule has 0 heterocycles. The third kappa shape index (κ3) is 5.16. The molecule has 0 atom stereocenters. The van der Waals surface area contributed by atoms with Crippen LogP contribution in [0.2, 0.25) is 0 Å². The second-order valence-electron chi connectivity index (χ2n) is 6.76. The predicted molar refractivity (Wildman–Crippen MR) is 116 cm³/mol. The number of hydrogen-bond donors (Lipinski definition) is 1. The van der Waals surface area contributed by atoms with E-state index in [-0.39, 0.29) is 18.4 Å². The molecule has 2 amide bonds. The van der Waals surface area contributed by atoms with Crippen LogP contribution in [0.5, 0.6) is 11.5 Å². The zero-order chi connectivity index (χ0) is 21.6. The summed E-state index contributed by atoms with van der Waals surface area (Å²) in [5.74, 6) is 0.466. The molecule has 0 aliphatic carbocycles. The van der Waals surface area contributed by atoms with E-state index in [1.54, 1.807) is 26.3 Å². The summed E-state index contributed by atoms with van der Waals surface area (Å²) < 4.78 is 10.8. The molecule has 6 heteroatoms. The van der Waals surface area contributed by atoms with Crippen molar-refractivity contribution in [1.82, 2.24) is 4.90 Å². The minimum atomic E-state index is -0.284. The Labute approximate surface area is 172 Å². The first-order valence-corrected chi connectivity index (χ1v) is 9.32. The number of hydrogen-bond acceptors (Lipinski definition) is 4. The number of nitrogens with one attached hydrogen (secondary N) is 1. The number of likely N-dealkylation sites (N-methyl/N-ethyl adjacent to an activating group) is 1. The number of methoxy groups -OCH3 is 2. The van der Waals surface area contributed by atoms with Crippen LogP contribution >= 0.6 is 0 Å². The second-order valence-corrected chi connectivity index (χ2v) is 6.76. The molecular weight excluding hydrogens is 368 g/mol. The topological polar surface area (TPSA) is 67.9 Å². The molecule has 2 aromatic carbocycles. The van der Waals surface area contributed by atoms with E-state index in [1.807, 2.05) is 51.1 Å². The van der Waals surface area contributed by atoms with Crippen molar-refractivity contribution in [3.63, 3.8) is 0 Å². The van der Waals surface area contributed by atoms with Crippen molar-refractivity contribution in [2.75, 3.05) is 33.1 Å². The number of carbonyl (C=O) groups excluding carboxylic acids is 2. The number of aryl methyl sites for hydroxylation is 1. The van der Waals surface area contributed by atoms with Crippen LogP contribution in [0.4, 0.5) is 5.69 Å². The van der Waals surface area contributed by atoms with Gasteiger partial charge in [0.25, 0.3) is 5.91 Å². The Balaban J connectivity index is 2.20. The molecular formula is C23H28N2O4. The maximum Gasteiger partial charge on any atom is 0.254 e. The number of allylic oxidation sites excluding steroid dienone is 1. The van der Waals surface area contributed by atoms with Crippen LogP contribution in [0.25, 0.3) is 6.08 Å². The summed E-state index contributed by atoms with van der Waals surface area (Å²) in [6, 6.07) is 9.06. The molecule has 29 heavy (non-hydrogen) atoms. The van der Waals surface area contributed by atoms with Crippen LogP contribution in [0, 0.1) is 13.8 Å². The van der Waals surface area contributed by atoms with Crippen molar-refractivity contribution in [1.29, 1.82) is 0 Å². The molecule has 0 radical (unpaired) electrons. The van der Waals surface area contributed by atoms with E-state index in [0.717, 1.165) is 22.4 Å². The summed E-state index contributed by atoms with van der Waals surface area (Å²) in [7, 11) is 4.67. The van der Waals surface area contributed by atoms with Crippen LogP contribution in [-0.2, 0) is 4.79 Å². The van der Waals surface area contributed by atoms with Gasteiger partial charge >= 0.3 is 0 Å². The van der Waals surface area contributed by atoms with Crippen molar-refractivity contribution < 1.29 is 19.1 Å². The zero-order valence-electron chi connectivity index (χ0n) is 17.8. The highest BCUT2D eigenvalue weighted by molar-refractivity contribution is 6.00. The Morgan fingerprint density at radius 3 is 2.48 bits per heavy atom. The highest BCUT2D eigenvalue weighted by atomic mass is 16.5. The molecule has 0 bridgehead atoms. The van der Waals surface area contributed by atoms with Crippen LogP contribution < -0.4 is 14.8 Å². The number of anilines is 1. The Bertz CT molecular complexity index is 935. The maximum atomic E-state index is 12.9. The monoisotopic (exact) mass is 396 g/mol. The summed E-state index contributed by atoms with van der Waals surface area (Å²) in [6.45, 7) is 5.75. The van der Waals surface area contributed by atoms with Gasteiger partial charge in [0, 0.05) is 23.9 Å². The van der Waals surface area contributed by atoms with E-state index >= 15 is 0 Å². The van der Waals surface area contributed by atoms with E-state index in [0.29, 0.717) is 17.1 Å². The number of amides is 2. The molecule has 0 aromatic heterocycles. The molecule has 0 aliphatic heterocycles. The molecule has 0 saturated carbocycles. The van der Waals surface area contributed by atoms with Gasteiger partial charge in [0.2, 0.25) is 5.91 Å². The van der Waals surface area contributed by atoms with Gasteiger partial charge in [-0.1, -0.05) is 24.3 Å². The first-order valence-electron chi connectivity index (χ1n) is 9.32. The number of benzene rings is 2. The average Bonchev–Trinajstić information content (AvgIpc) is 2.70. The minimum absolute atomic E-state index is 0.0699. The van der Waals surface area contributed by atoms with E-state index in [1.165, 1.54) is 12.0 Å². The standard InChI is InChI=1S/C23H28N2O4/c1-7-9-17-12-18(13-20(28-5)22(17)29-6)23(27)25(4)14-21(26)24-19-11-8-10-15(2)16(19)3/h7-13H,14H2,1-6H3,(H,24,26)/b9-7+. The Kier molecular flexibility index (Phi) is 7.42. The quantitative estimate of drug-likeness (QED) is 0.766. The molecule has 0 saturated heterocycles. The fourth-order valence-corrected chi connectivity index (χ4v) is 3.00. The van der Waals surface area contributed by atoms with Crippen molar-refractivity contribution in [3.8, 4) is 11.5 Å². The fraction of sp³-hybridized carbons (Fsp3) is 0.304. The number of nitrogens with zero attached hydrogens (tertiary/aromatic N) is 1. The van der Waals surface area contributed by atoms with Crippen molar-refractivity contribution in [3.05, 3.63) is 58.7 Å². The SMILES string of the molecule is C/C=C/c1cc(C(=O)N(C)CC(=O)Nc2cccc(C)c2C)cc(OC)c1OC. The lowest BCUT2D eigenvalue weighted by Gasteiger charge is -2.19. The molecule has 2 aromatic rings. The lowest BCUT2D eigenvalue weighted by atomic mass is 10.1. The van der Waals surface area contributed by atoms with Gasteiger partial charge in [-0.15, -0.1) is 0 Å². The maximum absolute atomic E-state index is 12.9. The normalized spacial score (nSPS) is 10.7. The summed E-state index contributed by atoms with van der Waals surface area (Å²) in [6.07, 6.45) is 3.69. The highest BCUT2D eigenvalue weighted by Gasteiger charge is 2.19. The van der Waals surface area contributed by atoms with E-state index < -0.39 is 0 Å². The number of carbonyl (C=O) groups is 2. The van der Waals surface area contributed by atoms with Gasteiger partial charge in [0.1, 0.15) is 0 Å². The summed E-state index contributed by atoms with van der Waals surface area (Å²) in [4.78, 5) is 26.7. The van der Waals surface area contributed by atoms with Gasteiger partial charge in [-0.05, 0) is 50.1 Å². The summed E-state index contributed by atoms with van der Waals surface area (Å²) in [5.41, 5.74) is 3.99. The largest absolute Gasteiger partial charge is 0.493 e. The smallest absolute Gasteiger partial charge is 0.254 e. The van der Waals surface area contributed by atoms with Gasteiger partial charge in [0.15, 0.2) is 11.5 Å². The molecule has 0 unspecified atom stereocenters. The molecule has 6 nitrogen and oxygen atoms in total. The molecule has 1 N–H and O–H groups in total. The molecule has 2 rings (SSSR count). The lowest BCUT2D eigenvalue weighted by Crippen LogP contribution is -2.35. The minimum Gasteiger partial charge on any atom is -0.493 e. The van der Waals surface area contributed by atoms with Crippen LogP contribution in [-0.4, -0.2) is 44.5 Å². The molecule has 154 valence electrons. The predicted octanol–water partition coefficient (Wildman–Crippen LogP) is 4.06. The van der Waals surface area contributed by atoms with Gasteiger partial charge in [-0.3, -0.25) is 9.59 Å². The first-order chi connectivity index (χ1) is 13.8. The average molecular weight is 396 g/mol.